The van der Waals surface area contributed by atoms with Gasteiger partial charge in [0.2, 0.25) is 0 Å². The van der Waals surface area contributed by atoms with Gasteiger partial charge in [0.1, 0.15) is 0 Å². The fourth-order valence-corrected chi connectivity index (χ4v) is 2.48. The van der Waals surface area contributed by atoms with Crippen molar-refractivity contribution in [3.8, 4) is 11.3 Å². The van der Waals surface area contributed by atoms with E-state index in [-0.39, 0.29) is 0 Å². The van der Waals surface area contributed by atoms with E-state index in [1.165, 1.54) is 5.56 Å². The van der Waals surface area contributed by atoms with E-state index in [1.54, 1.807) is 12.4 Å². The van der Waals surface area contributed by atoms with Crippen LogP contribution in [-0.2, 0) is 6.54 Å². The van der Waals surface area contributed by atoms with Gasteiger partial charge in [0.05, 0.1) is 12.2 Å². The number of rotatable bonds is 3. The molecule has 0 fully saturated rings. The van der Waals surface area contributed by atoms with E-state index in [0.717, 1.165) is 22.3 Å². The first-order valence-electron chi connectivity index (χ1n) is 5.99. The van der Waals surface area contributed by atoms with Crippen molar-refractivity contribution < 1.29 is 0 Å². The predicted octanol–water partition coefficient (Wildman–Crippen LogP) is 3.76. The molecule has 4 heteroatoms. The quantitative estimate of drug-likeness (QED) is 0.737. The van der Waals surface area contributed by atoms with E-state index in [9.17, 15) is 0 Å². The molecule has 0 aliphatic carbocycles. The van der Waals surface area contributed by atoms with Gasteiger partial charge in [0.15, 0.2) is 0 Å². The van der Waals surface area contributed by atoms with Crippen LogP contribution in [0.4, 0.5) is 0 Å². The van der Waals surface area contributed by atoms with Crippen LogP contribution in [0.1, 0.15) is 5.56 Å². The maximum absolute atomic E-state index is 4.40. The summed E-state index contributed by atoms with van der Waals surface area (Å²) in [5.74, 6) is 0. The highest BCUT2D eigenvalue weighted by atomic mass is 79.9. The summed E-state index contributed by atoms with van der Waals surface area (Å²) in [6.07, 6.45) is 5.42. The zero-order valence-corrected chi connectivity index (χ0v) is 11.8. The van der Waals surface area contributed by atoms with Crippen molar-refractivity contribution in [1.82, 2.24) is 14.8 Å². The molecule has 3 aromatic rings. The average Bonchev–Trinajstić information content (AvgIpc) is 2.88. The lowest BCUT2D eigenvalue weighted by Gasteiger charge is -2.08. The Bertz CT molecular complexity index is 677. The van der Waals surface area contributed by atoms with Crippen LogP contribution < -0.4 is 0 Å². The minimum absolute atomic E-state index is 0.754. The Morgan fingerprint density at radius 3 is 2.63 bits per heavy atom. The zero-order chi connectivity index (χ0) is 13.1. The first-order valence-corrected chi connectivity index (χ1v) is 6.79. The molecule has 0 spiro atoms. The molecule has 0 unspecified atom stereocenters. The van der Waals surface area contributed by atoms with Gasteiger partial charge in [-0.1, -0.05) is 28.1 Å². The molecule has 19 heavy (non-hydrogen) atoms. The van der Waals surface area contributed by atoms with Gasteiger partial charge in [-0.3, -0.25) is 9.67 Å². The SMILES string of the molecule is Brc1cccc(Cn2nccc2-c2ccncc2)c1. The van der Waals surface area contributed by atoms with Gasteiger partial charge in [-0.15, -0.1) is 0 Å². The summed E-state index contributed by atoms with van der Waals surface area (Å²) in [7, 11) is 0. The summed E-state index contributed by atoms with van der Waals surface area (Å²) >= 11 is 3.49. The molecule has 0 N–H and O–H groups in total. The van der Waals surface area contributed by atoms with Crippen LogP contribution in [0.15, 0.2) is 65.5 Å². The van der Waals surface area contributed by atoms with Crippen molar-refractivity contribution in [2.24, 2.45) is 0 Å². The van der Waals surface area contributed by atoms with Gasteiger partial charge in [-0.2, -0.15) is 5.10 Å². The Morgan fingerprint density at radius 1 is 1.00 bits per heavy atom. The fraction of sp³-hybridized carbons (Fsp3) is 0.0667. The van der Waals surface area contributed by atoms with E-state index in [2.05, 4.69) is 38.1 Å². The third-order valence-electron chi connectivity index (χ3n) is 2.91. The van der Waals surface area contributed by atoms with E-state index in [4.69, 9.17) is 0 Å². The lowest BCUT2D eigenvalue weighted by Crippen LogP contribution is -2.03. The maximum Gasteiger partial charge on any atom is 0.0687 e. The molecule has 2 heterocycles. The summed E-state index contributed by atoms with van der Waals surface area (Å²) in [6, 6.07) is 14.3. The molecular formula is C15H12BrN3. The Labute approximate surface area is 120 Å². The average molecular weight is 314 g/mol. The van der Waals surface area contributed by atoms with Gasteiger partial charge in [-0.05, 0) is 35.9 Å². The minimum atomic E-state index is 0.754. The second-order valence-electron chi connectivity index (χ2n) is 4.24. The van der Waals surface area contributed by atoms with Crippen LogP contribution in [0.5, 0.6) is 0 Å². The first-order chi connectivity index (χ1) is 9.33. The molecule has 0 saturated carbocycles. The van der Waals surface area contributed by atoms with Crippen molar-refractivity contribution in [2.45, 2.75) is 6.54 Å². The van der Waals surface area contributed by atoms with Gasteiger partial charge < -0.3 is 0 Å². The predicted molar refractivity (Wildman–Crippen MR) is 78.7 cm³/mol. The highest BCUT2D eigenvalue weighted by Gasteiger charge is 2.05. The molecule has 0 bridgehead atoms. The van der Waals surface area contributed by atoms with Crippen LogP contribution in [0, 0.1) is 0 Å². The first kappa shape index (κ1) is 12.1. The van der Waals surface area contributed by atoms with Crippen LogP contribution in [-0.4, -0.2) is 14.8 Å². The molecule has 0 radical (unpaired) electrons. The number of aromatic nitrogens is 3. The zero-order valence-electron chi connectivity index (χ0n) is 10.2. The normalized spacial score (nSPS) is 10.6. The minimum Gasteiger partial charge on any atom is -0.265 e. The van der Waals surface area contributed by atoms with E-state index < -0.39 is 0 Å². The van der Waals surface area contributed by atoms with Crippen molar-refractivity contribution in [3.05, 3.63) is 71.1 Å². The Kier molecular flexibility index (Phi) is 3.42. The van der Waals surface area contributed by atoms with Gasteiger partial charge in [-0.25, -0.2) is 0 Å². The summed E-state index contributed by atoms with van der Waals surface area (Å²) in [5.41, 5.74) is 3.44. The highest BCUT2D eigenvalue weighted by Crippen LogP contribution is 2.19. The molecule has 0 saturated heterocycles. The number of hydrogen-bond acceptors (Lipinski definition) is 2. The molecule has 3 nitrogen and oxygen atoms in total. The monoisotopic (exact) mass is 313 g/mol. The topological polar surface area (TPSA) is 30.7 Å². The Balaban J connectivity index is 1.93. The van der Waals surface area contributed by atoms with E-state index in [1.807, 2.05) is 41.2 Å². The third kappa shape index (κ3) is 2.74. The molecule has 0 aliphatic rings. The standard InChI is InChI=1S/C15H12BrN3/c16-14-3-1-2-12(10-14)11-19-15(6-9-18-19)13-4-7-17-8-5-13/h1-10H,11H2. The fourth-order valence-electron chi connectivity index (χ4n) is 2.03. The largest absolute Gasteiger partial charge is 0.265 e. The number of hydrogen-bond donors (Lipinski definition) is 0. The Morgan fingerprint density at radius 2 is 1.84 bits per heavy atom. The Hall–Kier alpha value is -1.94. The lowest BCUT2D eigenvalue weighted by atomic mass is 10.2. The molecule has 0 atom stereocenters. The molecule has 3 rings (SSSR count). The second kappa shape index (κ2) is 5.36. The second-order valence-corrected chi connectivity index (χ2v) is 5.16. The number of benzene rings is 1. The van der Waals surface area contributed by atoms with Gasteiger partial charge >= 0.3 is 0 Å². The van der Waals surface area contributed by atoms with Crippen molar-refractivity contribution >= 4 is 15.9 Å². The van der Waals surface area contributed by atoms with Crippen molar-refractivity contribution in [3.63, 3.8) is 0 Å². The van der Waals surface area contributed by atoms with E-state index >= 15 is 0 Å². The summed E-state index contributed by atoms with van der Waals surface area (Å²) < 4.78 is 3.08. The van der Waals surface area contributed by atoms with Crippen LogP contribution in [0.25, 0.3) is 11.3 Å². The lowest BCUT2D eigenvalue weighted by molar-refractivity contribution is 0.694. The van der Waals surface area contributed by atoms with Gasteiger partial charge in [0.25, 0.3) is 0 Å². The number of nitrogens with zero attached hydrogens (tertiary/aromatic N) is 3. The smallest absolute Gasteiger partial charge is 0.0687 e. The van der Waals surface area contributed by atoms with E-state index in [0.29, 0.717) is 0 Å². The molecular weight excluding hydrogens is 302 g/mol. The van der Waals surface area contributed by atoms with Crippen LogP contribution in [0.2, 0.25) is 0 Å². The molecule has 94 valence electrons. The molecule has 1 aromatic carbocycles. The molecule has 0 amide bonds. The van der Waals surface area contributed by atoms with Crippen molar-refractivity contribution in [1.29, 1.82) is 0 Å². The molecule has 2 aromatic heterocycles. The summed E-state index contributed by atoms with van der Waals surface area (Å²) in [4.78, 5) is 4.04. The molecule has 0 aliphatic heterocycles. The summed E-state index contributed by atoms with van der Waals surface area (Å²) in [6.45, 7) is 0.754. The maximum atomic E-state index is 4.40. The highest BCUT2D eigenvalue weighted by molar-refractivity contribution is 9.10. The number of pyridine rings is 1. The number of halogens is 1. The third-order valence-corrected chi connectivity index (χ3v) is 3.41. The van der Waals surface area contributed by atoms with Crippen LogP contribution in [0.3, 0.4) is 0 Å². The van der Waals surface area contributed by atoms with Gasteiger partial charge in [0, 0.05) is 28.6 Å². The summed E-state index contributed by atoms with van der Waals surface area (Å²) in [5, 5.41) is 4.40. The van der Waals surface area contributed by atoms with Crippen molar-refractivity contribution in [2.75, 3.05) is 0 Å². The van der Waals surface area contributed by atoms with Crippen LogP contribution >= 0.6 is 15.9 Å².